The van der Waals surface area contributed by atoms with E-state index in [1.54, 1.807) is 6.20 Å². The molecule has 1 amide bonds. The Balaban J connectivity index is 1.38. The third-order valence-electron chi connectivity index (χ3n) is 4.56. The van der Waals surface area contributed by atoms with Gasteiger partial charge in [-0.15, -0.1) is 0 Å². The fourth-order valence-corrected chi connectivity index (χ4v) is 3.42. The predicted octanol–water partition coefficient (Wildman–Crippen LogP) is 3.68. The van der Waals surface area contributed by atoms with Gasteiger partial charge < -0.3 is 9.73 Å². The van der Waals surface area contributed by atoms with Crippen LogP contribution in [0.3, 0.4) is 0 Å². The molecule has 5 nitrogen and oxygen atoms in total. The summed E-state index contributed by atoms with van der Waals surface area (Å²) < 4.78 is 7.78. The second-order valence-electron chi connectivity index (χ2n) is 6.20. The van der Waals surface area contributed by atoms with E-state index < -0.39 is 0 Å². The van der Waals surface area contributed by atoms with Gasteiger partial charge in [-0.25, -0.2) is 0 Å². The van der Waals surface area contributed by atoms with Gasteiger partial charge in [0.05, 0.1) is 11.6 Å². The molecule has 1 N–H and O–H groups in total. The first-order valence-electron chi connectivity index (χ1n) is 8.33. The van der Waals surface area contributed by atoms with E-state index in [-0.39, 0.29) is 11.8 Å². The standard InChI is InChI=1S/C19H18ClN3O2/c20-17-4-2-1-3-16(17)18-6-5-15(25-18)12-21-19(24)13-8-10-23-14(11-13)7-9-22-23/h1-7,9,13H,8,10-12H2,(H,21,24). The van der Waals surface area contributed by atoms with Crippen molar-refractivity contribution >= 4 is 17.5 Å². The molecule has 3 heterocycles. The van der Waals surface area contributed by atoms with E-state index in [1.807, 2.05) is 47.1 Å². The molecule has 6 heteroatoms. The van der Waals surface area contributed by atoms with Gasteiger partial charge in [-0.1, -0.05) is 23.7 Å². The van der Waals surface area contributed by atoms with Crippen LogP contribution in [0.15, 0.2) is 53.1 Å². The smallest absolute Gasteiger partial charge is 0.223 e. The molecule has 1 aliphatic rings. The Labute approximate surface area is 150 Å². The number of fused-ring (bicyclic) bond motifs is 1. The summed E-state index contributed by atoms with van der Waals surface area (Å²) in [5.41, 5.74) is 1.97. The fraction of sp³-hybridized carbons (Fsp3) is 0.263. The molecule has 1 aliphatic heterocycles. The van der Waals surface area contributed by atoms with Crippen LogP contribution in [0.2, 0.25) is 5.02 Å². The SMILES string of the molecule is O=C(NCc1ccc(-c2ccccc2Cl)o1)C1CCn2nccc2C1. The molecule has 0 saturated carbocycles. The van der Waals surface area contributed by atoms with Gasteiger partial charge in [0.1, 0.15) is 11.5 Å². The van der Waals surface area contributed by atoms with Gasteiger partial charge in [-0.2, -0.15) is 5.10 Å². The monoisotopic (exact) mass is 355 g/mol. The second-order valence-corrected chi connectivity index (χ2v) is 6.61. The molecule has 0 radical (unpaired) electrons. The van der Waals surface area contributed by atoms with Crippen LogP contribution in [0.25, 0.3) is 11.3 Å². The van der Waals surface area contributed by atoms with Gasteiger partial charge in [0.25, 0.3) is 0 Å². The number of aromatic nitrogens is 2. The van der Waals surface area contributed by atoms with Gasteiger partial charge in [-0.05, 0) is 36.8 Å². The number of hydrogen-bond donors (Lipinski definition) is 1. The molecular weight excluding hydrogens is 338 g/mol. The molecule has 1 atom stereocenters. The van der Waals surface area contributed by atoms with E-state index in [2.05, 4.69) is 10.4 Å². The molecule has 128 valence electrons. The number of rotatable bonds is 4. The highest BCUT2D eigenvalue weighted by molar-refractivity contribution is 6.33. The minimum Gasteiger partial charge on any atom is -0.459 e. The third kappa shape index (κ3) is 3.33. The van der Waals surface area contributed by atoms with Gasteiger partial charge >= 0.3 is 0 Å². The van der Waals surface area contributed by atoms with Crippen LogP contribution in [0.5, 0.6) is 0 Å². The zero-order valence-corrected chi connectivity index (χ0v) is 14.4. The van der Waals surface area contributed by atoms with Crippen molar-refractivity contribution in [2.75, 3.05) is 0 Å². The largest absolute Gasteiger partial charge is 0.459 e. The van der Waals surface area contributed by atoms with Gasteiger partial charge in [0.2, 0.25) is 5.91 Å². The van der Waals surface area contributed by atoms with E-state index >= 15 is 0 Å². The first kappa shape index (κ1) is 16.0. The Kier molecular flexibility index (Phi) is 4.32. The van der Waals surface area contributed by atoms with Crippen molar-refractivity contribution in [1.82, 2.24) is 15.1 Å². The number of halogens is 1. The van der Waals surface area contributed by atoms with Crippen LogP contribution in [-0.4, -0.2) is 15.7 Å². The molecule has 0 aliphatic carbocycles. The minimum atomic E-state index is -0.0119. The van der Waals surface area contributed by atoms with E-state index in [9.17, 15) is 4.79 Å². The molecule has 2 aromatic heterocycles. The van der Waals surface area contributed by atoms with E-state index in [0.29, 0.717) is 23.1 Å². The molecule has 25 heavy (non-hydrogen) atoms. The van der Waals surface area contributed by atoms with Crippen LogP contribution < -0.4 is 5.32 Å². The Morgan fingerprint density at radius 3 is 3.04 bits per heavy atom. The molecule has 3 aromatic rings. The number of benzene rings is 1. The number of hydrogen-bond acceptors (Lipinski definition) is 3. The molecule has 4 rings (SSSR count). The number of furan rings is 1. The first-order valence-corrected chi connectivity index (χ1v) is 8.70. The van der Waals surface area contributed by atoms with Crippen LogP contribution in [0.4, 0.5) is 0 Å². The molecule has 0 spiro atoms. The van der Waals surface area contributed by atoms with Crippen LogP contribution in [0.1, 0.15) is 17.9 Å². The zero-order chi connectivity index (χ0) is 17.2. The number of nitrogens with zero attached hydrogens (tertiary/aromatic N) is 2. The lowest BCUT2D eigenvalue weighted by atomic mass is 9.95. The predicted molar refractivity (Wildman–Crippen MR) is 95.0 cm³/mol. The maximum atomic E-state index is 12.4. The van der Waals surface area contributed by atoms with Crippen molar-refractivity contribution in [2.45, 2.75) is 25.9 Å². The van der Waals surface area contributed by atoms with E-state index in [1.165, 1.54) is 0 Å². The van der Waals surface area contributed by atoms with Gasteiger partial charge in [0, 0.05) is 36.3 Å². The maximum Gasteiger partial charge on any atom is 0.223 e. The summed E-state index contributed by atoms with van der Waals surface area (Å²) in [6.45, 7) is 1.16. The van der Waals surface area contributed by atoms with Crippen molar-refractivity contribution in [1.29, 1.82) is 0 Å². The normalized spacial score (nSPS) is 16.4. The molecule has 0 saturated heterocycles. The van der Waals surface area contributed by atoms with Gasteiger partial charge in [-0.3, -0.25) is 9.48 Å². The number of carbonyl (C=O) groups is 1. The Morgan fingerprint density at radius 1 is 1.28 bits per heavy atom. The average Bonchev–Trinajstić information content (AvgIpc) is 3.28. The quantitative estimate of drug-likeness (QED) is 0.776. The third-order valence-corrected chi connectivity index (χ3v) is 4.89. The summed E-state index contributed by atoms with van der Waals surface area (Å²) in [4.78, 5) is 12.4. The maximum absolute atomic E-state index is 12.4. The molecular formula is C19H18ClN3O2. The number of aryl methyl sites for hydroxylation is 1. The van der Waals surface area contributed by atoms with Crippen molar-refractivity contribution in [3.63, 3.8) is 0 Å². The summed E-state index contributed by atoms with van der Waals surface area (Å²) in [5.74, 6) is 1.46. The highest BCUT2D eigenvalue weighted by atomic mass is 35.5. The summed E-state index contributed by atoms with van der Waals surface area (Å²) in [7, 11) is 0. The van der Waals surface area contributed by atoms with E-state index in [4.69, 9.17) is 16.0 Å². The lowest BCUT2D eigenvalue weighted by Gasteiger charge is -2.22. The lowest BCUT2D eigenvalue weighted by Crippen LogP contribution is -2.35. The van der Waals surface area contributed by atoms with E-state index in [0.717, 1.165) is 30.6 Å². The molecule has 0 fully saturated rings. The zero-order valence-electron chi connectivity index (χ0n) is 13.6. The highest BCUT2D eigenvalue weighted by Crippen LogP contribution is 2.29. The fourth-order valence-electron chi connectivity index (χ4n) is 3.19. The lowest BCUT2D eigenvalue weighted by molar-refractivity contribution is -0.125. The number of amides is 1. The van der Waals surface area contributed by atoms with Crippen molar-refractivity contribution in [3.05, 3.63) is 65.1 Å². The topological polar surface area (TPSA) is 60.1 Å². The van der Waals surface area contributed by atoms with Crippen LogP contribution >= 0.6 is 11.6 Å². The van der Waals surface area contributed by atoms with Crippen molar-refractivity contribution in [3.8, 4) is 11.3 Å². The van der Waals surface area contributed by atoms with Crippen LogP contribution in [-0.2, 0) is 24.3 Å². The number of carbonyl (C=O) groups excluding carboxylic acids is 1. The van der Waals surface area contributed by atoms with Crippen LogP contribution in [0, 0.1) is 5.92 Å². The minimum absolute atomic E-state index is 0.0119. The molecule has 1 unspecified atom stereocenters. The average molecular weight is 356 g/mol. The van der Waals surface area contributed by atoms with Crippen molar-refractivity contribution < 1.29 is 9.21 Å². The highest BCUT2D eigenvalue weighted by Gasteiger charge is 2.25. The second kappa shape index (κ2) is 6.76. The summed E-state index contributed by atoms with van der Waals surface area (Å²) in [6, 6.07) is 13.3. The Bertz CT molecular complexity index is 899. The van der Waals surface area contributed by atoms with Crippen molar-refractivity contribution in [2.24, 2.45) is 5.92 Å². The number of nitrogens with one attached hydrogen (secondary N) is 1. The summed E-state index contributed by atoms with van der Waals surface area (Å²) >= 11 is 6.19. The van der Waals surface area contributed by atoms with Gasteiger partial charge in [0.15, 0.2) is 0 Å². The Hall–Kier alpha value is -2.53. The first-order chi connectivity index (χ1) is 12.2. The Morgan fingerprint density at radius 2 is 2.16 bits per heavy atom. The molecule has 0 bridgehead atoms. The summed E-state index contributed by atoms with van der Waals surface area (Å²) in [5, 5.41) is 7.86. The summed E-state index contributed by atoms with van der Waals surface area (Å²) in [6.07, 6.45) is 3.33. The molecule has 1 aromatic carbocycles.